The molecule has 0 bridgehead atoms. The van der Waals surface area contributed by atoms with Crippen molar-refractivity contribution in [3.8, 4) is 5.75 Å². The quantitative estimate of drug-likeness (QED) is 0.447. The van der Waals surface area contributed by atoms with Crippen molar-refractivity contribution >= 4 is 23.3 Å². The number of fused-ring (bicyclic) bond motifs is 1. The molecule has 1 heterocycles. The molecule has 0 saturated heterocycles. The number of allylic oxidation sites excluding steroid dienone is 1. The maximum atomic E-state index is 10.9. The number of aromatic amines is 1. The van der Waals surface area contributed by atoms with Crippen LogP contribution in [0.1, 0.15) is 28.7 Å². The molecule has 0 saturated carbocycles. The van der Waals surface area contributed by atoms with Gasteiger partial charge in [0.05, 0.1) is 12.3 Å². The molecule has 158 valence electrons. The maximum absolute atomic E-state index is 10.9. The summed E-state index contributed by atoms with van der Waals surface area (Å²) in [4.78, 5) is 19.8. The van der Waals surface area contributed by atoms with E-state index in [4.69, 9.17) is 14.7 Å². The Labute approximate surface area is 180 Å². The van der Waals surface area contributed by atoms with Crippen LogP contribution >= 0.6 is 0 Å². The normalized spacial score (nSPS) is 13.3. The number of aromatic nitrogens is 1. The Hall–Kier alpha value is -3.77. The lowest BCUT2D eigenvalue weighted by Gasteiger charge is -2.21. The third-order valence-corrected chi connectivity index (χ3v) is 5.04. The van der Waals surface area contributed by atoms with Crippen LogP contribution in [0.2, 0.25) is 0 Å². The minimum Gasteiger partial charge on any atom is -0.482 e. The molecule has 1 aliphatic carbocycles. The summed E-state index contributed by atoms with van der Waals surface area (Å²) in [7, 11) is 0. The number of H-pyrrole nitrogens is 1. The van der Waals surface area contributed by atoms with Gasteiger partial charge in [-0.3, -0.25) is 10.3 Å². The van der Waals surface area contributed by atoms with Crippen LogP contribution in [-0.2, 0) is 16.1 Å². The highest BCUT2D eigenvalue weighted by molar-refractivity contribution is 5.79. The first-order chi connectivity index (χ1) is 15.2. The van der Waals surface area contributed by atoms with Gasteiger partial charge >= 0.3 is 5.97 Å². The predicted molar refractivity (Wildman–Crippen MR) is 120 cm³/mol. The minimum absolute atomic E-state index is 0.349. The van der Waals surface area contributed by atoms with Crippen LogP contribution in [0.15, 0.2) is 73.1 Å². The zero-order valence-corrected chi connectivity index (χ0v) is 17.0. The van der Waals surface area contributed by atoms with Gasteiger partial charge in [-0.15, -0.1) is 0 Å². The molecule has 0 amide bonds. The number of hydroxylamine groups is 1. The van der Waals surface area contributed by atoms with Gasteiger partial charge in [0.2, 0.25) is 0 Å². The molecule has 4 rings (SSSR count). The van der Waals surface area contributed by atoms with E-state index in [0.717, 1.165) is 46.4 Å². The molecule has 1 aromatic heterocycles. The monoisotopic (exact) mass is 416 g/mol. The fraction of sp³-hybridized carbons (Fsp3) is 0.160. The first-order valence-corrected chi connectivity index (χ1v) is 10.1. The van der Waals surface area contributed by atoms with Crippen molar-refractivity contribution in [2.24, 2.45) is 0 Å². The number of carboxylic acid groups (broad SMARTS) is 1. The number of hydrogen-bond acceptors (Lipinski definition) is 4. The molecule has 0 aliphatic heterocycles. The molecule has 3 N–H and O–H groups in total. The van der Waals surface area contributed by atoms with E-state index in [1.807, 2.05) is 73.1 Å². The Bertz CT molecular complexity index is 1090. The number of benzene rings is 2. The molecular formula is C25H24N2O4. The van der Waals surface area contributed by atoms with E-state index in [2.05, 4.69) is 16.5 Å². The smallest absolute Gasteiger partial charge is 0.341 e. The molecule has 0 radical (unpaired) electrons. The molecule has 6 heteroatoms. The zero-order chi connectivity index (χ0) is 21.5. The van der Waals surface area contributed by atoms with Crippen LogP contribution in [-0.4, -0.2) is 29.3 Å². The first kappa shape index (κ1) is 20.5. The highest BCUT2D eigenvalue weighted by Gasteiger charge is 2.17. The van der Waals surface area contributed by atoms with Gasteiger partial charge in [0.1, 0.15) is 5.75 Å². The maximum Gasteiger partial charge on any atom is 0.341 e. The number of ether oxygens (including phenoxy) is 1. The highest BCUT2D eigenvalue weighted by atomic mass is 16.6. The van der Waals surface area contributed by atoms with Crippen molar-refractivity contribution < 1.29 is 19.5 Å². The second-order valence-corrected chi connectivity index (χ2v) is 7.19. The van der Waals surface area contributed by atoms with E-state index in [-0.39, 0.29) is 6.61 Å². The second kappa shape index (κ2) is 9.82. The Kier molecular flexibility index (Phi) is 6.50. The molecule has 0 spiro atoms. The van der Waals surface area contributed by atoms with Crippen molar-refractivity contribution in [2.45, 2.75) is 12.8 Å². The number of hydrogen-bond donors (Lipinski definition) is 3. The Morgan fingerprint density at radius 1 is 1.13 bits per heavy atom. The Balaban J connectivity index is 1.47. The Morgan fingerprint density at radius 3 is 2.77 bits per heavy atom. The van der Waals surface area contributed by atoms with Gasteiger partial charge in [-0.2, -0.15) is 0 Å². The van der Waals surface area contributed by atoms with Gasteiger partial charge < -0.3 is 14.8 Å². The molecule has 6 nitrogen and oxygen atoms in total. The summed E-state index contributed by atoms with van der Waals surface area (Å²) in [6.07, 6.45) is 9.64. The lowest BCUT2D eigenvalue weighted by atomic mass is 9.90. The summed E-state index contributed by atoms with van der Waals surface area (Å²) in [5.41, 5.74) is 9.12. The van der Waals surface area contributed by atoms with E-state index in [9.17, 15) is 4.79 Å². The summed E-state index contributed by atoms with van der Waals surface area (Å²) in [6, 6.07) is 17.7. The standard InChI is InChI=1S/C25H24N2O4/c28-25(29)17-30-24-11-5-9-21-20(8-4-10-22(21)24)16-31-27-23(14-18-12-13-26-15-18)19-6-2-1-3-7-19/h1-3,5-9,11-15,26-27H,4,10,16-17H2,(H,28,29). The van der Waals surface area contributed by atoms with Crippen LogP contribution < -0.4 is 10.2 Å². The molecule has 0 unspecified atom stereocenters. The van der Waals surface area contributed by atoms with Crippen molar-refractivity contribution in [3.05, 3.63) is 95.3 Å². The largest absolute Gasteiger partial charge is 0.482 e. The minimum atomic E-state index is -0.987. The fourth-order valence-electron chi connectivity index (χ4n) is 3.61. The third-order valence-electron chi connectivity index (χ3n) is 5.04. The van der Waals surface area contributed by atoms with E-state index in [0.29, 0.717) is 12.4 Å². The lowest BCUT2D eigenvalue weighted by Crippen LogP contribution is -2.17. The lowest BCUT2D eigenvalue weighted by molar-refractivity contribution is -0.139. The number of nitrogens with one attached hydrogen (secondary N) is 2. The summed E-state index contributed by atoms with van der Waals surface area (Å²) in [5.74, 6) is -0.366. The predicted octanol–water partition coefficient (Wildman–Crippen LogP) is 4.53. The van der Waals surface area contributed by atoms with Gasteiger partial charge in [-0.25, -0.2) is 4.79 Å². The van der Waals surface area contributed by atoms with E-state index >= 15 is 0 Å². The van der Waals surface area contributed by atoms with Gasteiger partial charge in [-0.05, 0) is 53.3 Å². The highest BCUT2D eigenvalue weighted by Crippen LogP contribution is 2.33. The van der Waals surface area contributed by atoms with Crippen LogP contribution in [0.5, 0.6) is 5.75 Å². The molecule has 1 aliphatic rings. The van der Waals surface area contributed by atoms with Gasteiger partial charge in [0.25, 0.3) is 0 Å². The third kappa shape index (κ3) is 5.24. The van der Waals surface area contributed by atoms with Crippen LogP contribution in [0, 0.1) is 0 Å². The van der Waals surface area contributed by atoms with Crippen LogP contribution in [0.25, 0.3) is 17.3 Å². The van der Waals surface area contributed by atoms with E-state index < -0.39 is 5.97 Å². The zero-order valence-electron chi connectivity index (χ0n) is 17.0. The Morgan fingerprint density at radius 2 is 2.00 bits per heavy atom. The number of carboxylic acids is 1. The van der Waals surface area contributed by atoms with E-state index in [1.54, 1.807) is 0 Å². The van der Waals surface area contributed by atoms with E-state index in [1.165, 1.54) is 0 Å². The van der Waals surface area contributed by atoms with Gasteiger partial charge in [0.15, 0.2) is 6.61 Å². The van der Waals surface area contributed by atoms with Gasteiger partial charge in [0, 0.05) is 18.0 Å². The molecule has 0 fully saturated rings. The summed E-state index contributed by atoms with van der Waals surface area (Å²) < 4.78 is 5.48. The van der Waals surface area contributed by atoms with Crippen LogP contribution in [0.3, 0.4) is 0 Å². The van der Waals surface area contributed by atoms with Crippen molar-refractivity contribution in [1.82, 2.24) is 10.5 Å². The molecule has 3 aromatic rings. The molecule has 2 aromatic carbocycles. The van der Waals surface area contributed by atoms with Crippen molar-refractivity contribution in [3.63, 3.8) is 0 Å². The summed E-state index contributed by atoms with van der Waals surface area (Å²) in [5, 5.41) is 8.91. The first-order valence-electron chi connectivity index (χ1n) is 10.1. The topological polar surface area (TPSA) is 83.6 Å². The summed E-state index contributed by atoms with van der Waals surface area (Å²) in [6.45, 7) is 0.0185. The SMILES string of the molecule is O=C(O)COc1cccc2c1CCC=C2CONC(=Cc1cc[nH]c1)c1ccccc1. The second-order valence-electron chi connectivity index (χ2n) is 7.19. The molecular weight excluding hydrogens is 392 g/mol. The fourth-order valence-corrected chi connectivity index (χ4v) is 3.61. The number of rotatable bonds is 9. The average Bonchev–Trinajstić information content (AvgIpc) is 3.31. The molecule has 0 atom stereocenters. The average molecular weight is 416 g/mol. The number of aliphatic carboxylic acids is 1. The van der Waals surface area contributed by atoms with Crippen molar-refractivity contribution in [2.75, 3.05) is 13.2 Å². The van der Waals surface area contributed by atoms with Crippen molar-refractivity contribution in [1.29, 1.82) is 0 Å². The summed E-state index contributed by atoms with van der Waals surface area (Å²) >= 11 is 0. The van der Waals surface area contributed by atoms with Gasteiger partial charge in [-0.1, -0.05) is 48.5 Å². The van der Waals surface area contributed by atoms with Crippen LogP contribution in [0.4, 0.5) is 0 Å². The molecule has 31 heavy (non-hydrogen) atoms. The number of carbonyl (C=O) groups is 1.